The first-order valence-electron chi connectivity index (χ1n) is 12.9. The first-order valence-corrected chi connectivity index (χ1v) is 12.9. The number of aromatic nitrogens is 1. The van der Waals surface area contributed by atoms with E-state index in [-0.39, 0.29) is 17.2 Å². The molecular weight excluding hydrogens is 466 g/mol. The van der Waals surface area contributed by atoms with Crippen LogP contribution in [-0.2, 0) is 9.47 Å². The fourth-order valence-electron chi connectivity index (χ4n) is 5.07. The van der Waals surface area contributed by atoms with E-state index in [0.29, 0.717) is 62.8 Å². The molecule has 2 aliphatic rings. The first-order chi connectivity index (χ1) is 17.3. The Morgan fingerprint density at radius 1 is 1.08 bits per heavy atom. The SMILES string of the molecule is COC[C@H](C)NC1CCC(Nc2cc(-c3cc(NCC4(O)CCOCC4)ccc3F)c(F)cn2)CC1. The molecule has 1 aliphatic carbocycles. The maximum absolute atomic E-state index is 14.8. The Morgan fingerprint density at radius 2 is 1.78 bits per heavy atom. The number of aliphatic hydroxyl groups is 1. The van der Waals surface area contributed by atoms with Crippen LogP contribution in [0, 0.1) is 11.6 Å². The summed E-state index contributed by atoms with van der Waals surface area (Å²) in [6.07, 6.45) is 6.20. The first kappa shape index (κ1) is 26.7. The summed E-state index contributed by atoms with van der Waals surface area (Å²) in [5.74, 6) is -0.567. The molecule has 0 radical (unpaired) electrons. The molecule has 36 heavy (non-hydrogen) atoms. The van der Waals surface area contributed by atoms with Gasteiger partial charge in [-0.3, -0.25) is 0 Å². The molecule has 198 valence electrons. The zero-order valence-corrected chi connectivity index (χ0v) is 21.2. The van der Waals surface area contributed by atoms with Crippen LogP contribution in [-0.4, -0.2) is 67.3 Å². The highest BCUT2D eigenvalue weighted by Crippen LogP contribution is 2.31. The molecule has 9 heteroatoms. The monoisotopic (exact) mass is 504 g/mol. The van der Waals surface area contributed by atoms with Crippen molar-refractivity contribution in [3.63, 3.8) is 0 Å². The van der Waals surface area contributed by atoms with Crippen molar-refractivity contribution in [2.24, 2.45) is 0 Å². The minimum Gasteiger partial charge on any atom is -0.388 e. The third-order valence-corrected chi connectivity index (χ3v) is 7.17. The standard InChI is InChI=1S/C27H38F2N4O3/c1-18(16-35-2)32-19-3-5-20(6-4-19)33-26-14-23(25(29)15-30-26)22-13-21(7-8-24(22)28)31-17-27(34)9-11-36-12-10-27/h7-8,13-15,18-20,31-32,34H,3-6,9-12,16-17H2,1-2H3,(H,30,33)/t18-,19?,20?/m0/s1. The van der Waals surface area contributed by atoms with Gasteiger partial charge in [-0.25, -0.2) is 13.8 Å². The van der Waals surface area contributed by atoms with Crippen molar-refractivity contribution in [1.29, 1.82) is 0 Å². The van der Waals surface area contributed by atoms with E-state index in [1.807, 2.05) is 0 Å². The fraction of sp³-hybridized carbons (Fsp3) is 0.593. The van der Waals surface area contributed by atoms with Crippen molar-refractivity contribution in [2.45, 2.75) is 69.2 Å². The molecule has 1 atom stereocenters. The van der Waals surface area contributed by atoms with Gasteiger partial charge in [0.05, 0.1) is 18.4 Å². The Hall–Kier alpha value is -2.33. The predicted molar refractivity (Wildman–Crippen MR) is 137 cm³/mol. The van der Waals surface area contributed by atoms with Crippen LogP contribution >= 0.6 is 0 Å². The summed E-state index contributed by atoms with van der Waals surface area (Å²) >= 11 is 0. The lowest BCUT2D eigenvalue weighted by Crippen LogP contribution is -2.42. The Morgan fingerprint density at radius 3 is 2.50 bits per heavy atom. The molecule has 4 N–H and O–H groups in total. The van der Waals surface area contributed by atoms with E-state index >= 15 is 0 Å². The van der Waals surface area contributed by atoms with Crippen molar-refractivity contribution in [3.05, 3.63) is 42.1 Å². The molecule has 1 saturated heterocycles. The number of nitrogens with zero attached hydrogens (tertiary/aromatic N) is 1. The van der Waals surface area contributed by atoms with Gasteiger partial charge in [-0.1, -0.05) is 0 Å². The smallest absolute Gasteiger partial charge is 0.149 e. The minimum absolute atomic E-state index is 0.155. The van der Waals surface area contributed by atoms with Crippen LogP contribution in [0.15, 0.2) is 30.5 Å². The molecule has 1 aromatic carbocycles. The van der Waals surface area contributed by atoms with Crippen LogP contribution in [0.4, 0.5) is 20.3 Å². The largest absolute Gasteiger partial charge is 0.388 e. The van der Waals surface area contributed by atoms with Crippen LogP contribution in [0.1, 0.15) is 45.4 Å². The van der Waals surface area contributed by atoms with Crippen LogP contribution in [0.2, 0.25) is 0 Å². The number of rotatable bonds is 10. The van der Waals surface area contributed by atoms with Crippen molar-refractivity contribution in [3.8, 4) is 11.1 Å². The number of methoxy groups -OCH3 is 1. The fourth-order valence-corrected chi connectivity index (χ4v) is 5.07. The highest BCUT2D eigenvalue weighted by Gasteiger charge is 2.29. The van der Waals surface area contributed by atoms with Crippen molar-refractivity contribution < 1.29 is 23.4 Å². The zero-order valence-electron chi connectivity index (χ0n) is 21.2. The number of anilines is 2. The highest BCUT2D eigenvalue weighted by atomic mass is 19.1. The molecule has 0 spiro atoms. The number of hydrogen-bond donors (Lipinski definition) is 4. The van der Waals surface area contributed by atoms with Crippen LogP contribution in [0.3, 0.4) is 0 Å². The van der Waals surface area contributed by atoms with Gasteiger partial charge in [0, 0.05) is 74.6 Å². The van der Waals surface area contributed by atoms with Gasteiger partial charge in [0.1, 0.15) is 17.5 Å². The number of pyridine rings is 1. The molecule has 4 rings (SSSR count). The molecule has 0 bridgehead atoms. The van der Waals surface area contributed by atoms with Crippen molar-refractivity contribution >= 4 is 11.5 Å². The summed E-state index contributed by atoms with van der Waals surface area (Å²) in [6.45, 7) is 4.14. The summed E-state index contributed by atoms with van der Waals surface area (Å²) < 4.78 is 40.1. The molecule has 2 aromatic rings. The van der Waals surface area contributed by atoms with Gasteiger partial charge in [-0.2, -0.15) is 0 Å². The summed E-state index contributed by atoms with van der Waals surface area (Å²) in [5.41, 5.74) is 0.0528. The second kappa shape index (κ2) is 12.3. The normalized spacial score (nSPS) is 22.7. The van der Waals surface area contributed by atoms with Crippen LogP contribution in [0.5, 0.6) is 0 Å². The van der Waals surface area contributed by atoms with E-state index in [1.54, 1.807) is 25.3 Å². The molecule has 0 unspecified atom stereocenters. The van der Waals surface area contributed by atoms with Crippen molar-refractivity contribution in [1.82, 2.24) is 10.3 Å². The number of nitrogens with one attached hydrogen (secondary N) is 3. The van der Waals surface area contributed by atoms with Gasteiger partial charge in [0.25, 0.3) is 0 Å². The Bertz CT molecular complexity index is 995. The second-order valence-electron chi connectivity index (χ2n) is 10.2. The average Bonchev–Trinajstić information content (AvgIpc) is 2.87. The minimum atomic E-state index is -0.873. The second-order valence-corrected chi connectivity index (χ2v) is 10.2. The maximum atomic E-state index is 14.8. The Kier molecular flexibility index (Phi) is 9.11. The zero-order chi connectivity index (χ0) is 25.5. The Labute approximate surface area is 212 Å². The predicted octanol–water partition coefficient (Wildman–Crippen LogP) is 4.33. The Balaban J connectivity index is 1.40. The molecule has 0 amide bonds. The van der Waals surface area contributed by atoms with E-state index in [1.165, 1.54) is 6.07 Å². The van der Waals surface area contributed by atoms with Crippen LogP contribution < -0.4 is 16.0 Å². The van der Waals surface area contributed by atoms with E-state index in [2.05, 4.69) is 27.9 Å². The number of hydrogen-bond acceptors (Lipinski definition) is 7. The third kappa shape index (κ3) is 7.12. The van der Waals surface area contributed by atoms with E-state index in [9.17, 15) is 13.9 Å². The lowest BCUT2D eigenvalue weighted by atomic mass is 9.90. The lowest BCUT2D eigenvalue weighted by Gasteiger charge is -2.32. The van der Waals surface area contributed by atoms with Gasteiger partial charge in [0.2, 0.25) is 0 Å². The molecular formula is C27H38F2N4O3. The van der Waals surface area contributed by atoms with E-state index in [4.69, 9.17) is 9.47 Å². The molecule has 2 heterocycles. The summed E-state index contributed by atoms with van der Waals surface area (Å²) in [5, 5.41) is 20.9. The summed E-state index contributed by atoms with van der Waals surface area (Å²) in [7, 11) is 1.71. The summed E-state index contributed by atoms with van der Waals surface area (Å²) in [4.78, 5) is 4.21. The quantitative estimate of drug-likeness (QED) is 0.383. The summed E-state index contributed by atoms with van der Waals surface area (Å²) in [6, 6.07) is 7.06. The molecule has 2 fully saturated rings. The maximum Gasteiger partial charge on any atom is 0.149 e. The molecule has 1 aliphatic heterocycles. The van der Waals surface area contributed by atoms with Crippen molar-refractivity contribution in [2.75, 3.05) is 44.1 Å². The average molecular weight is 505 g/mol. The number of ether oxygens (including phenoxy) is 2. The molecule has 7 nitrogen and oxygen atoms in total. The van der Waals surface area contributed by atoms with E-state index < -0.39 is 17.2 Å². The third-order valence-electron chi connectivity index (χ3n) is 7.17. The molecule has 1 saturated carbocycles. The topological polar surface area (TPSA) is 87.7 Å². The highest BCUT2D eigenvalue weighted by molar-refractivity contribution is 5.71. The number of halogens is 2. The van der Waals surface area contributed by atoms with Gasteiger partial charge in [0.15, 0.2) is 0 Å². The molecule has 1 aromatic heterocycles. The van der Waals surface area contributed by atoms with Gasteiger partial charge >= 0.3 is 0 Å². The van der Waals surface area contributed by atoms with E-state index in [0.717, 1.165) is 31.9 Å². The van der Waals surface area contributed by atoms with Gasteiger partial charge in [-0.15, -0.1) is 0 Å². The van der Waals surface area contributed by atoms with Crippen LogP contribution in [0.25, 0.3) is 11.1 Å². The number of benzene rings is 1. The van der Waals surface area contributed by atoms with Gasteiger partial charge in [-0.05, 0) is 56.9 Å². The van der Waals surface area contributed by atoms with Gasteiger partial charge < -0.3 is 30.5 Å². The lowest BCUT2D eigenvalue weighted by molar-refractivity contribution is -0.0543.